The molecule has 62 valence electrons. The SMILES string of the molecule is C#CCOP(=O)([O-])C(=O)OC.[Li+]. The summed E-state index contributed by atoms with van der Waals surface area (Å²) in [6.45, 7) is -0.462. The van der Waals surface area contributed by atoms with E-state index in [9.17, 15) is 14.3 Å². The van der Waals surface area contributed by atoms with Crippen LogP contribution in [0.4, 0.5) is 4.79 Å². The molecule has 0 radical (unpaired) electrons. The molecule has 7 heteroatoms. The molecule has 0 aromatic rings. The maximum Gasteiger partial charge on any atom is 1.00 e. The number of rotatable bonds is 3. The van der Waals surface area contributed by atoms with Crippen LogP contribution in [-0.4, -0.2) is 19.4 Å². The summed E-state index contributed by atoms with van der Waals surface area (Å²) in [5.74, 6) is 1.90. The largest absolute Gasteiger partial charge is 1.00 e. The molecule has 0 aromatic carbocycles. The molecule has 0 aliphatic carbocycles. The molecular weight excluding hydrogens is 178 g/mol. The van der Waals surface area contributed by atoms with Gasteiger partial charge < -0.3 is 14.2 Å². The Morgan fingerprint density at radius 2 is 2.25 bits per heavy atom. The smallest absolute Gasteiger partial charge is 0.770 e. The summed E-state index contributed by atoms with van der Waals surface area (Å²) in [6, 6.07) is 0. The number of methoxy groups -OCH3 is 1. The van der Waals surface area contributed by atoms with Gasteiger partial charge in [0, 0.05) is 0 Å². The van der Waals surface area contributed by atoms with Crippen molar-refractivity contribution in [3.05, 3.63) is 0 Å². The molecule has 0 fully saturated rings. The zero-order chi connectivity index (χ0) is 8.91. The fourth-order valence-electron chi connectivity index (χ4n) is 0.287. The van der Waals surface area contributed by atoms with Gasteiger partial charge >= 0.3 is 24.6 Å². The fraction of sp³-hybridized carbons (Fsp3) is 0.400. The van der Waals surface area contributed by atoms with E-state index in [-0.39, 0.29) is 18.9 Å². The van der Waals surface area contributed by atoms with Gasteiger partial charge in [-0.1, -0.05) is 5.92 Å². The monoisotopic (exact) mass is 184 g/mol. The molecular formula is C5H6LiO5P. The van der Waals surface area contributed by atoms with Crippen molar-refractivity contribution in [2.45, 2.75) is 0 Å². The number of ether oxygens (including phenoxy) is 1. The molecule has 12 heavy (non-hydrogen) atoms. The Labute approximate surface area is 82.1 Å². The Hall–Kier alpha value is -0.223. The van der Waals surface area contributed by atoms with Gasteiger partial charge in [0.15, 0.2) is 0 Å². The number of hydrogen-bond acceptors (Lipinski definition) is 5. The maximum atomic E-state index is 10.6. The second-order valence-electron chi connectivity index (χ2n) is 1.45. The van der Waals surface area contributed by atoms with Gasteiger partial charge in [-0.3, -0.25) is 4.57 Å². The van der Waals surface area contributed by atoms with E-state index in [0.29, 0.717) is 0 Å². The van der Waals surface area contributed by atoms with E-state index in [2.05, 4.69) is 9.26 Å². The van der Waals surface area contributed by atoms with Gasteiger partial charge in [0.25, 0.3) is 0 Å². The van der Waals surface area contributed by atoms with Crippen molar-refractivity contribution >= 4 is 13.3 Å². The van der Waals surface area contributed by atoms with Crippen LogP contribution >= 0.6 is 7.60 Å². The van der Waals surface area contributed by atoms with E-state index in [1.807, 2.05) is 5.92 Å². The summed E-state index contributed by atoms with van der Waals surface area (Å²) < 4.78 is 18.5. The number of terminal acetylenes is 1. The molecule has 0 aromatic heterocycles. The van der Waals surface area contributed by atoms with Crippen LogP contribution in [-0.2, 0) is 13.8 Å². The second-order valence-corrected chi connectivity index (χ2v) is 3.06. The zero-order valence-corrected chi connectivity index (χ0v) is 7.67. The molecule has 0 heterocycles. The van der Waals surface area contributed by atoms with E-state index < -0.39 is 19.9 Å². The van der Waals surface area contributed by atoms with Crippen molar-refractivity contribution in [1.82, 2.24) is 0 Å². The molecule has 0 spiro atoms. The standard InChI is InChI=1S/C5H7O5P.Li/c1-3-4-10-11(7,8)5(6)9-2;/h1H,4H2,2H3,(H,7,8);/q;+1/p-1. The topological polar surface area (TPSA) is 75.7 Å². The first-order chi connectivity index (χ1) is 5.04. The molecule has 0 saturated heterocycles. The number of carbonyl (C=O) groups excluding carboxylic acids is 1. The minimum absolute atomic E-state index is 0. The first kappa shape index (κ1) is 14.3. The van der Waals surface area contributed by atoms with Crippen molar-refractivity contribution in [1.29, 1.82) is 0 Å². The molecule has 5 nitrogen and oxygen atoms in total. The van der Waals surface area contributed by atoms with E-state index in [4.69, 9.17) is 6.42 Å². The average molecular weight is 184 g/mol. The number of carbonyl (C=O) groups is 1. The minimum atomic E-state index is -4.55. The van der Waals surface area contributed by atoms with Crippen LogP contribution in [0.25, 0.3) is 0 Å². The normalized spacial score (nSPS) is 13.4. The summed E-state index contributed by atoms with van der Waals surface area (Å²) in [5, 5.41) is 0. The van der Waals surface area contributed by atoms with E-state index in [0.717, 1.165) is 7.11 Å². The maximum absolute atomic E-state index is 10.6. The molecule has 0 aliphatic heterocycles. The third-order valence-electron chi connectivity index (χ3n) is 0.716. The third kappa shape index (κ3) is 4.61. The van der Waals surface area contributed by atoms with E-state index >= 15 is 0 Å². The van der Waals surface area contributed by atoms with Gasteiger partial charge in [0.1, 0.15) is 6.61 Å². The first-order valence-electron chi connectivity index (χ1n) is 2.52. The summed E-state index contributed by atoms with van der Waals surface area (Å²) in [5.41, 5.74) is -1.42. The molecule has 1 unspecified atom stereocenters. The Kier molecular flexibility index (Phi) is 7.53. The summed E-state index contributed by atoms with van der Waals surface area (Å²) >= 11 is 0. The molecule has 0 aliphatic rings. The van der Waals surface area contributed by atoms with Gasteiger partial charge in [-0.25, -0.2) is 4.79 Å². The van der Waals surface area contributed by atoms with Crippen LogP contribution in [0, 0.1) is 12.3 Å². The Morgan fingerprint density at radius 1 is 1.75 bits per heavy atom. The average Bonchev–Trinajstić information content (AvgIpc) is 1.99. The molecule has 0 bridgehead atoms. The third-order valence-corrected chi connectivity index (χ3v) is 1.81. The van der Waals surface area contributed by atoms with Crippen LogP contribution in [0.15, 0.2) is 0 Å². The van der Waals surface area contributed by atoms with Crippen LogP contribution in [0.5, 0.6) is 0 Å². The Balaban J connectivity index is 0. The van der Waals surface area contributed by atoms with Crippen molar-refractivity contribution in [3.63, 3.8) is 0 Å². The van der Waals surface area contributed by atoms with Gasteiger partial charge in [-0.05, 0) is 0 Å². The molecule has 0 N–H and O–H groups in total. The second kappa shape index (κ2) is 6.31. The molecule has 0 saturated carbocycles. The van der Waals surface area contributed by atoms with Crippen molar-refractivity contribution in [3.8, 4) is 12.3 Å². The Morgan fingerprint density at radius 3 is 2.58 bits per heavy atom. The quantitative estimate of drug-likeness (QED) is 0.265. The van der Waals surface area contributed by atoms with E-state index in [1.54, 1.807) is 0 Å². The van der Waals surface area contributed by atoms with Crippen LogP contribution in [0.2, 0.25) is 0 Å². The van der Waals surface area contributed by atoms with Gasteiger partial charge in [-0.15, -0.1) is 6.42 Å². The van der Waals surface area contributed by atoms with E-state index in [1.165, 1.54) is 0 Å². The van der Waals surface area contributed by atoms with Gasteiger partial charge in [-0.2, -0.15) is 0 Å². The van der Waals surface area contributed by atoms with Crippen LogP contribution in [0.3, 0.4) is 0 Å². The van der Waals surface area contributed by atoms with Gasteiger partial charge in [0.2, 0.25) is 7.60 Å². The molecule has 0 rings (SSSR count). The summed E-state index contributed by atoms with van der Waals surface area (Å²) in [4.78, 5) is 20.9. The van der Waals surface area contributed by atoms with Crippen molar-refractivity contribution in [2.24, 2.45) is 0 Å². The molecule has 1 atom stereocenters. The summed E-state index contributed by atoms with van der Waals surface area (Å²) in [6.07, 6.45) is 4.69. The van der Waals surface area contributed by atoms with Gasteiger partial charge in [0.05, 0.1) is 7.11 Å². The minimum Gasteiger partial charge on any atom is -0.770 e. The van der Waals surface area contributed by atoms with Crippen molar-refractivity contribution < 1.29 is 42.4 Å². The van der Waals surface area contributed by atoms with Crippen molar-refractivity contribution in [2.75, 3.05) is 13.7 Å². The predicted octanol–water partition coefficient (Wildman–Crippen LogP) is -3.04. The number of hydrogen-bond donors (Lipinski definition) is 0. The molecule has 0 amide bonds. The zero-order valence-electron chi connectivity index (χ0n) is 6.77. The predicted molar refractivity (Wildman–Crippen MR) is 34.8 cm³/mol. The summed E-state index contributed by atoms with van der Waals surface area (Å²) in [7, 11) is -3.62. The first-order valence-corrected chi connectivity index (χ1v) is 4.06. The van der Waals surface area contributed by atoms with Crippen LogP contribution in [0.1, 0.15) is 0 Å². The van der Waals surface area contributed by atoms with Crippen LogP contribution < -0.4 is 23.8 Å². The fourth-order valence-corrected chi connectivity index (χ4v) is 0.860. The Bertz CT molecular complexity index is 232.